The molecule has 0 bridgehead atoms. The van der Waals surface area contributed by atoms with Crippen LogP contribution in [0.1, 0.15) is 41.9 Å². The van der Waals surface area contributed by atoms with Gasteiger partial charge < -0.3 is 25.8 Å². The first-order valence-electron chi connectivity index (χ1n) is 14.6. The SMILES string of the molecule is CNCC(=O)NCCCCc1ncc(-c2ccc3cc(-c4ccc(C(=O)NCC5CCCN5C)cc4)ccc3c2)[nH]1. The summed E-state index contributed by atoms with van der Waals surface area (Å²) >= 11 is 0. The van der Waals surface area contributed by atoms with E-state index in [1.165, 1.54) is 6.42 Å². The molecule has 1 aliphatic heterocycles. The highest BCUT2D eigenvalue weighted by atomic mass is 16.2. The number of unbranched alkanes of at least 4 members (excludes halogenated alkanes) is 1. The molecule has 0 spiro atoms. The van der Waals surface area contributed by atoms with Crippen molar-refractivity contribution >= 4 is 22.6 Å². The lowest BCUT2D eigenvalue weighted by Crippen LogP contribution is -2.38. The number of carbonyl (C=O) groups is 2. The molecule has 1 fully saturated rings. The number of nitrogens with one attached hydrogen (secondary N) is 4. The van der Waals surface area contributed by atoms with Crippen LogP contribution >= 0.6 is 0 Å². The number of amides is 2. The second-order valence-corrected chi connectivity index (χ2v) is 10.9. The highest BCUT2D eigenvalue weighted by Gasteiger charge is 2.21. The maximum absolute atomic E-state index is 12.6. The molecule has 4 aromatic rings. The first-order chi connectivity index (χ1) is 20.0. The molecule has 0 saturated carbocycles. The van der Waals surface area contributed by atoms with Crippen molar-refractivity contribution in [3.8, 4) is 22.4 Å². The zero-order chi connectivity index (χ0) is 28.6. The molecule has 3 aromatic carbocycles. The minimum atomic E-state index is -0.0153. The second kappa shape index (κ2) is 13.6. The Morgan fingerprint density at radius 3 is 2.41 bits per heavy atom. The van der Waals surface area contributed by atoms with Gasteiger partial charge in [-0.25, -0.2) is 4.98 Å². The van der Waals surface area contributed by atoms with Crippen molar-refractivity contribution in [2.45, 2.75) is 38.1 Å². The minimum Gasteiger partial charge on any atom is -0.355 e. The molecule has 8 heteroatoms. The van der Waals surface area contributed by atoms with Gasteiger partial charge in [0.25, 0.3) is 5.91 Å². The van der Waals surface area contributed by atoms with Gasteiger partial charge in [-0.1, -0.05) is 36.4 Å². The number of hydrogen-bond acceptors (Lipinski definition) is 5. The van der Waals surface area contributed by atoms with Crippen molar-refractivity contribution in [1.29, 1.82) is 0 Å². The lowest BCUT2D eigenvalue weighted by Gasteiger charge is -2.19. The fourth-order valence-electron chi connectivity index (χ4n) is 5.46. The van der Waals surface area contributed by atoms with Crippen molar-refractivity contribution in [1.82, 2.24) is 30.8 Å². The number of likely N-dealkylation sites (N-methyl/N-ethyl adjacent to an activating group) is 2. The van der Waals surface area contributed by atoms with Crippen LogP contribution in [0, 0.1) is 0 Å². The number of likely N-dealkylation sites (tertiary alicyclic amines) is 1. The quantitative estimate of drug-likeness (QED) is 0.196. The standard InChI is InChI=1S/C33H40N6O2/c1-34-22-32(40)35-16-4-3-7-31-36-21-30(38-31)28-15-14-26-18-25(12-13-27(26)19-28)23-8-10-24(11-9-23)33(41)37-20-29-6-5-17-39(29)2/h8-15,18-19,21,29,34H,3-7,16-17,20,22H2,1-2H3,(H,35,40)(H,36,38)(H,37,41). The highest BCUT2D eigenvalue weighted by Crippen LogP contribution is 2.28. The molecule has 0 aliphatic carbocycles. The van der Waals surface area contributed by atoms with E-state index < -0.39 is 0 Å². The van der Waals surface area contributed by atoms with Crippen LogP contribution in [-0.2, 0) is 11.2 Å². The molecule has 1 atom stereocenters. The van der Waals surface area contributed by atoms with E-state index in [-0.39, 0.29) is 11.8 Å². The number of benzene rings is 3. The maximum atomic E-state index is 12.6. The van der Waals surface area contributed by atoms with Gasteiger partial charge >= 0.3 is 0 Å². The molecule has 1 saturated heterocycles. The summed E-state index contributed by atoms with van der Waals surface area (Å²) in [5.41, 5.74) is 5.00. The smallest absolute Gasteiger partial charge is 0.251 e. The number of fused-ring (bicyclic) bond motifs is 1. The Morgan fingerprint density at radius 1 is 0.951 bits per heavy atom. The molecule has 8 nitrogen and oxygen atoms in total. The summed E-state index contributed by atoms with van der Waals surface area (Å²) in [5.74, 6) is 0.968. The minimum absolute atomic E-state index is 0.0153. The monoisotopic (exact) mass is 552 g/mol. The van der Waals surface area contributed by atoms with Crippen LogP contribution in [-0.4, -0.2) is 73.0 Å². The Hall–Kier alpha value is -4.01. The van der Waals surface area contributed by atoms with Crippen LogP contribution in [0.15, 0.2) is 66.9 Å². The summed E-state index contributed by atoms with van der Waals surface area (Å²) in [6.45, 7) is 2.83. The average molecular weight is 553 g/mol. The number of carbonyl (C=O) groups excluding carboxylic acids is 2. The van der Waals surface area contributed by atoms with E-state index in [1.54, 1.807) is 7.05 Å². The third-order valence-electron chi connectivity index (χ3n) is 7.93. The molecule has 214 valence electrons. The predicted octanol–water partition coefficient (Wildman–Crippen LogP) is 4.38. The van der Waals surface area contributed by atoms with Crippen LogP contribution in [0.4, 0.5) is 0 Å². The summed E-state index contributed by atoms with van der Waals surface area (Å²) < 4.78 is 0. The summed E-state index contributed by atoms with van der Waals surface area (Å²) in [4.78, 5) is 34.5. The van der Waals surface area contributed by atoms with E-state index in [1.807, 2.05) is 30.5 Å². The van der Waals surface area contributed by atoms with Crippen molar-refractivity contribution in [2.75, 3.05) is 40.3 Å². The Morgan fingerprint density at radius 2 is 1.68 bits per heavy atom. The van der Waals surface area contributed by atoms with E-state index >= 15 is 0 Å². The van der Waals surface area contributed by atoms with Crippen LogP contribution in [0.25, 0.3) is 33.2 Å². The molecule has 1 aromatic heterocycles. The first kappa shape index (κ1) is 28.5. The zero-order valence-electron chi connectivity index (χ0n) is 24.0. The summed E-state index contributed by atoms with van der Waals surface area (Å²) in [7, 11) is 3.89. The number of aromatic amines is 1. The van der Waals surface area contributed by atoms with E-state index in [0.717, 1.165) is 71.2 Å². The summed E-state index contributed by atoms with van der Waals surface area (Å²) in [5, 5.41) is 11.2. The number of hydrogen-bond donors (Lipinski definition) is 4. The van der Waals surface area contributed by atoms with Crippen LogP contribution in [0.2, 0.25) is 0 Å². The Balaban J connectivity index is 1.17. The fraction of sp³-hybridized carbons (Fsp3) is 0.364. The Labute approximate surface area is 241 Å². The Bertz CT molecular complexity index is 1480. The lowest BCUT2D eigenvalue weighted by atomic mass is 9.98. The van der Waals surface area contributed by atoms with Crippen LogP contribution < -0.4 is 16.0 Å². The molecule has 41 heavy (non-hydrogen) atoms. The van der Waals surface area contributed by atoms with Crippen LogP contribution in [0.5, 0.6) is 0 Å². The first-order valence-corrected chi connectivity index (χ1v) is 14.6. The van der Waals surface area contributed by atoms with Gasteiger partial charge in [-0.2, -0.15) is 0 Å². The van der Waals surface area contributed by atoms with Gasteiger partial charge in [-0.05, 0) is 92.5 Å². The van der Waals surface area contributed by atoms with Gasteiger partial charge in [0.15, 0.2) is 0 Å². The van der Waals surface area contributed by atoms with Crippen LogP contribution in [0.3, 0.4) is 0 Å². The van der Waals surface area contributed by atoms with Gasteiger partial charge in [0.05, 0.1) is 18.4 Å². The van der Waals surface area contributed by atoms with Gasteiger partial charge in [-0.3, -0.25) is 9.59 Å². The number of rotatable bonds is 12. The molecule has 4 N–H and O–H groups in total. The van der Waals surface area contributed by atoms with Crippen molar-refractivity contribution < 1.29 is 9.59 Å². The third kappa shape index (κ3) is 7.39. The molecule has 1 aliphatic rings. The number of imidazole rings is 1. The molecule has 2 amide bonds. The second-order valence-electron chi connectivity index (χ2n) is 10.9. The lowest BCUT2D eigenvalue weighted by molar-refractivity contribution is -0.120. The molecule has 0 radical (unpaired) electrons. The van der Waals surface area contributed by atoms with Gasteiger partial charge in [-0.15, -0.1) is 0 Å². The van der Waals surface area contributed by atoms with Gasteiger partial charge in [0, 0.05) is 36.7 Å². The highest BCUT2D eigenvalue weighted by molar-refractivity contribution is 5.95. The third-order valence-corrected chi connectivity index (χ3v) is 7.93. The molecule has 1 unspecified atom stereocenters. The van der Waals surface area contributed by atoms with Crippen molar-refractivity contribution in [3.05, 3.63) is 78.2 Å². The van der Waals surface area contributed by atoms with Crippen molar-refractivity contribution in [3.63, 3.8) is 0 Å². The topological polar surface area (TPSA) is 102 Å². The van der Waals surface area contributed by atoms with E-state index in [4.69, 9.17) is 0 Å². The largest absolute Gasteiger partial charge is 0.355 e. The molecule has 2 heterocycles. The summed E-state index contributed by atoms with van der Waals surface area (Å²) in [6.07, 6.45) is 6.95. The number of aromatic nitrogens is 2. The van der Waals surface area contributed by atoms with Gasteiger partial charge in [0.2, 0.25) is 5.91 Å². The number of aryl methyl sites for hydroxylation is 1. The number of nitrogens with zero attached hydrogens (tertiary/aromatic N) is 2. The van der Waals surface area contributed by atoms with Gasteiger partial charge in [0.1, 0.15) is 5.82 Å². The van der Waals surface area contributed by atoms with E-state index in [2.05, 4.69) is 74.3 Å². The predicted molar refractivity (Wildman–Crippen MR) is 165 cm³/mol. The van der Waals surface area contributed by atoms with E-state index in [0.29, 0.717) is 31.2 Å². The zero-order valence-corrected chi connectivity index (χ0v) is 24.0. The number of H-pyrrole nitrogens is 1. The Kier molecular flexibility index (Phi) is 9.44. The maximum Gasteiger partial charge on any atom is 0.251 e. The summed E-state index contributed by atoms with van der Waals surface area (Å²) in [6, 6.07) is 21.2. The molecular weight excluding hydrogens is 512 g/mol. The molecular formula is C33H40N6O2. The van der Waals surface area contributed by atoms with Crippen molar-refractivity contribution in [2.24, 2.45) is 0 Å². The fourth-order valence-corrected chi connectivity index (χ4v) is 5.46. The normalized spacial score (nSPS) is 15.3. The van der Waals surface area contributed by atoms with E-state index in [9.17, 15) is 9.59 Å². The molecule has 5 rings (SSSR count). The average Bonchev–Trinajstić information content (AvgIpc) is 3.64.